The number of hydrogen-bond acceptors (Lipinski definition) is 6. The number of halogens is 1. The number of ether oxygens (including phenoxy) is 1. The lowest BCUT2D eigenvalue weighted by molar-refractivity contribution is 0.343. The van der Waals surface area contributed by atoms with Gasteiger partial charge in [-0.25, -0.2) is 0 Å². The minimum atomic E-state index is 0.262. The van der Waals surface area contributed by atoms with Crippen LogP contribution in [0.5, 0.6) is 5.75 Å². The van der Waals surface area contributed by atoms with Crippen molar-refractivity contribution in [1.82, 2.24) is 10.9 Å². The first kappa shape index (κ1) is 15.4. The first-order chi connectivity index (χ1) is 11.4. The van der Waals surface area contributed by atoms with E-state index in [0.29, 0.717) is 29.8 Å². The minimum Gasteiger partial charge on any atom is -0.493 e. The van der Waals surface area contributed by atoms with Crippen molar-refractivity contribution < 1.29 is 8.62 Å². The summed E-state index contributed by atoms with van der Waals surface area (Å²) in [4.78, 5) is 0. The second kappa shape index (κ2) is 7.64. The van der Waals surface area contributed by atoms with Crippen LogP contribution >= 0.6 is 12.1 Å². The first-order valence-electron chi connectivity index (χ1n) is 7.06. The van der Waals surface area contributed by atoms with Crippen LogP contribution in [0.3, 0.4) is 0 Å². The van der Waals surface area contributed by atoms with E-state index in [1.165, 1.54) is 0 Å². The van der Waals surface area contributed by atoms with E-state index >= 15 is 0 Å². The Balaban J connectivity index is 1.67. The second-order valence-corrected chi connectivity index (χ2v) is 5.33. The molecule has 0 aliphatic carbocycles. The minimum absolute atomic E-state index is 0.262. The molecule has 2 aromatic rings. The van der Waals surface area contributed by atoms with Crippen molar-refractivity contribution in [3.8, 4) is 5.75 Å². The number of rotatable bonds is 6. The molecule has 0 saturated carbocycles. The molecule has 0 atom stereocenters. The molecule has 0 bridgehead atoms. The standard InChI is InChI=1S/C16H15FN4OS/c17-23-10-9-22-14-8-4-7-13(11-14)16-20-18-15(19-21-16)12-5-2-1-3-6-12/h1-8,11H,9-10H2,(H,18,19)(H,20,21). The Kier molecular flexibility index (Phi) is 5.10. The van der Waals surface area contributed by atoms with Crippen LogP contribution in [0.15, 0.2) is 64.8 Å². The molecule has 1 aliphatic heterocycles. The molecule has 23 heavy (non-hydrogen) atoms. The summed E-state index contributed by atoms with van der Waals surface area (Å²) in [5.74, 6) is 2.21. The molecule has 3 rings (SSSR count). The van der Waals surface area contributed by atoms with Crippen molar-refractivity contribution >= 4 is 23.8 Å². The van der Waals surface area contributed by atoms with Crippen LogP contribution in [-0.2, 0) is 0 Å². The number of amidine groups is 2. The van der Waals surface area contributed by atoms with Gasteiger partial charge in [-0.3, -0.25) is 10.9 Å². The maximum atomic E-state index is 12.0. The highest BCUT2D eigenvalue weighted by Crippen LogP contribution is 2.15. The number of nitrogens with one attached hydrogen (secondary N) is 2. The summed E-state index contributed by atoms with van der Waals surface area (Å²) in [7, 11) is 0. The smallest absolute Gasteiger partial charge is 0.173 e. The predicted molar refractivity (Wildman–Crippen MR) is 91.3 cm³/mol. The molecular weight excluding hydrogens is 315 g/mol. The van der Waals surface area contributed by atoms with Gasteiger partial charge in [0.1, 0.15) is 5.75 Å². The van der Waals surface area contributed by atoms with Gasteiger partial charge in [0.15, 0.2) is 11.7 Å². The van der Waals surface area contributed by atoms with Gasteiger partial charge in [0.05, 0.1) is 12.4 Å². The molecule has 1 aliphatic rings. The normalized spacial score (nSPS) is 13.4. The van der Waals surface area contributed by atoms with Gasteiger partial charge < -0.3 is 4.74 Å². The molecular formula is C16H15FN4OS. The molecule has 2 aromatic carbocycles. The van der Waals surface area contributed by atoms with Crippen molar-refractivity contribution in [3.05, 3.63) is 65.7 Å². The molecule has 0 aromatic heterocycles. The van der Waals surface area contributed by atoms with Crippen LogP contribution < -0.4 is 15.6 Å². The monoisotopic (exact) mass is 330 g/mol. The third-order valence-electron chi connectivity index (χ3n) is 3.13. The molecule has 7 heteroatoms. The van der Waals surface area contributed by atoms with Gasteiger partial charge >= 0.3 is 0 Å². The van der Waals surface area contributed by atoms with E-state index in [9.17, 15) is 3.89 Å². The Morgan fingerprint density at radius 1 is 0.913 bits per heavy atom. The van der Waals surface area contributed by atoms with Crippen LogP contribution in [0.1, 0.15) is 11.1 Å². The zero-order chi connectivity index (χ0) is 15.9. The lowest BCUT2D eigenvalue weighted by Crippen LogP contribution is -2.34. The lowest BCUT2D eigenvalue weighted by atomic mass is 10.2. The fraction of sp³-hybridized carbons (Fsp3) is 0.125. The Labute approximate surface area is 137 Å². The second-order valence-electron chi connectivity index (χ2n) is 4.70. The van der Waals surface area contributed by atoms with Crippen molar-refractivity contribution in [3.63, 3.8) is 0 Å². The Bertz CT molecular complexity index is 721. The highest BCUT2D eigenvalue weighted by molar-refractivity contribution is 7.94. The van der Waals surface area contributed by atoms with Crippen LogP contribution in [0.25, 0.3) is 0 Å². The SMILES string of the molecule is FSCCOc1cccc(C2=NNC(c3ccccc3)=NN2)c1. The summed E-state index contributed by atoms with van der Waals surface area (Å²) in [6.45, 7) is 0.319. The maximum absolute atomic E-state index is 12.0. The highest BCUT2D eigenvalue weighted by Gasteiger charge is 2.11. The predicted octanol–water partition coefficient (Wildman–Crippen LogP) is 2.90. The quantitative estimate of drug-likeness (QED) is 0.800. The summed E-state index contributed by atoms with van der Waals surface area (Å²) < 4.78 is 17.5. The molecule has 0 fully saturated rings. The third-order valence-corrected chi connectivity index (χ3v) is 3.45. The van der Waals surface area contributed by atoms with Gasteiger partial charge in [-0.2, -0.15) is 14.1 Å². The summed E-state index contributed by atoms with van der Waals surface area (Å²) in [5.41, 5.74) is 7.65. The van der Waals surface area contributed by atoms with E-state index < -0.39 is 0 Å². The van der Waals surface area contributed by atoms with Crippen molar-refractivity contribution in [2.45, 2.75) is 0 Å². The van der Waals surface area contributed by atoms with E-state index in [1.54, 1.807) is 0 Å². The topological polar surface area (TPSA) is 58.0 Å². The average molecular weight is 330 g/mol. The summed E-state index contributed by atoms with van der Waals surface area (Å²) >= 11 is 0.262. The van der Waals surface area contributed by atoms with E-state index in [2.05, 4.69) is 21.1 Å². The van der Waals surface area contributed by atoms with Gasteiger partial charge in [-0.05, 0) is 12.1 Å². The summed E-state index contributed by atoms with van der Waals surface area (Å²) in [5, 5.41) is 8.59. The van der Waals surface area contributed by atoms with Crippen molar-refractivity contribution in [2.24, 2.45) is 10.2 Å². The van der Waals surface area contributed by atoms with Gasteiger partial charge in [-0.1, -0.05) is 42.5 Å². The van der Waals surface area contributed by atoms with Crippen LogP contribution in [0.4, 0.5) is 3.89 Å². The van der Waals surface area contributed by atoms with Crippen LogP contribution in [0.2, 0.25) is 0 Å². The first-order valence-corrected chi connectivity index (χ1v) is 7.95. The lowest BCUT2D eigenvalue weighted by Gasteiger charge is -2.15. The molecule has 0 saturated heterocycles. The average Bonchev–Trinajstić information content (AvgIpc) is 2.63. The Morgan fingerprint density at radius 3 is 2.30 bits per heavy atom. The Hall–Kier alpha value is -2.54. The Morgan fingerprint density at radius 2 is 1.61 bits per heavy atom. The van der Waals surface area contributed by atoms with E-state index in [0.717, 1.165) is 11.1 Å². The summed E-state index contributed by atoms with van der Waals surface area (Å²) in [6, 6.07) is 17.1. The zero-order valence-corrected chi connectivity index (χ0v) is 13.0. The van der Waals surface area contributed by atoms with E-state index in [1.807, 2.05) is 54.6 Å². The fourth-order valence-electron chi connectivity index (χ4n) is 2.05. The molecule has 1 heterocycles. The summed E-state index contributed by atoms with van der Waals surface area (Å²) in [6.07, 6.45) is 0. The molecule has 2 N–H and O–H groups in total. The molecule has 0 radical (unpaired) electrons. The van der Waals surface area contributed by atoms with E-state index in [-0.39, 0.29) is 12.1 Å². The van der Waals surface area contributed by atoms with Crippen molar-refractivity contribution in [1.29, 1.82) is 0 Å². The van der Waals surface area contributed by atoms with Crippen molar-refractivity contribution in [2.75, 3.05) is 12.4 Å². The van der Waals surface area contributed by atoms with Crippen LogP contribution in [-0.4, -0.2) is 24.0 Å². The molecule has 0 unspecified atom stereocenters. The fourth-order valence-corrected chi connectivity index (χ4v) is 2.19. The van der Waals surface area contributed by atoms with Gasteiger partial charge in [0.2, 0.25) is 0 Å². The molecule has 5 nitrogen and oxygen atoms in total. The maximum Gasteiger partial charge on any atom is 0.173 e. The van der Waals surface area contributed by atoms with Gasteiger partial charge in [0.25, 0.3) is 0 Å². The highest BCUT2D eigenvalue weighted by atomic mass is 32.2. The number of nitrogens with zero attached hydrogens (tertiary/aromatic N) is 2. The van der Waals surface area contributed by atoms with E-state index in [4.69, 9.17) is 4.74 Å². The third kappa shape index (κ3) is 4.01. The van der Waals surface area contributed by atoms with Gasteiger partial charge in [-0.15, -0.1) is 0 Å². The number of benzene rings is 2. The molecule has 0 spiro atoms. The number of hydrogen-bond donors (Lipinski definition) is 2. The molecule has 118 valence electrons. The zero-order valence-electron chi connectivity index (χ0n) is 12.2. The van der Waals surface area contributed by atoms with Crippen LogP contribution in [0, 0.1) is 0 Å². The molecule has 0 amide bonds. The van der Waals surface area contributed by atoms with Gasteiger partial charge in [0, 0.05) is 23.3 Å². The number of hydrazone groups is 2. The largest absolute Gasteiger partial charge is 0.493 e.